The van der Waals surface area contributed by atoms with Crippen LogP contribution in [0.15, 0.2) is 48.5 Å². The van der Waals surface area contributed by atoms with Crippen molar-refractivity contribution in [3.8, 4) is 0 Å². The Labute approximate surface area is 156 Å². The van der Waals surface area contributed by atoms with Gasteiger partial charge in [0.25, 0.3) is 0 Å². The molecule has 1 fully saturated rings. The minimum absolute atomic E-state index is 0.360. The fourth-order valence-corrected chi connectivity index (χ4v) is 4.58. The molecule has 1 atom stereocenters. The van der Waals surface area contributed by atoms with E-state index in [-0.39, 0.29) is 0 Å². The van der Waals surface area contributed by atoms with Crippen LogP contribution in [0.3, 0.4) is 0 Å². The molecule has 2 aromatic carbocycles. The van der Waals surface area contributed by atoms with Crippen LogP contribution in [0, 0.1) is 12.8 Å². The maximum absolute atomic E-state index is 11.2. The fraction of sp³-hybridized carbons (Fsp3) is 0.455. The van der Waals surface area contributed by atoms with Crippen molar-refractivity contribution in [3.63, 3.8) is 0 Å². The lowest BCUT2D eigenvalue weighted by atomic mass is 9.71. The second-order valence-electron chi connectivity index (χ2n) is 7.64. The quantitative estimate of drug-likeness (QED) is 0.799. The average Bonchev–Trinajstić information content (AvgIpc) is 2.59. The molecule has 1 aliphatic carbocycles. The molecule has 0 amide bonds. The number of hydrogen-bond acceptors (Lipinski definition) is 2. The summed E-state index contributed by atoms with van der Waals surface area (Å²) in [5.74, 6) is 0.542. The third-order valence-electron chi connectivity index (χ3n) is 5.72. The molecule has 25 heavy (non-hydrogen) atoms. The molecule has 0 heterocycles. The third-order valence-corrected chi connectivity index (χ3v) is 5.97. The Morgan fingerprint density at radius 1 is 1.04 bits per heavy atom. The predicted octanol–water partition coefficient (Wildman–Crippen LogP) is 5.33. The van der Waals surface area contributed by atoms with Crippen molar-refractivity contribution in [2.24, 2.45) is 5.92 Å². The standard InChI is InChI=1S/C22H28ClNO/c1-16-6-4-5-7-20(16)22(25)14-12-18(13-15-22)21(24(2)3)17-8-10-19(23)11-9-17/h4-11,18,21,25H,12-15H2,1-3H3. The molecule has 1 aliphatic rings. The van der Waals surface area contributed by atoms with Gasteiger partial charge in [0.2, 0.25) is 0 Å². The molecular weight excluding hydrogens is 330 g/mol. The van der Waals surface area contributed by atoms with Crippen molar-refractivity contribution < 1.29 is 5.11 Å². The Morgan fingerprint density at radius 2 is 1.64 bits per heavy atom. The Hall–Kier alpha value is -1.35. The Kier molecular flexibility index (Phi) is 5.52. The van der Waals surface area contributed by atoms with Crippen LogP contribution in [-0.2, 0) is 5.60 Å². The summed E-state index contributed by atoms with van der Waals surface area (Å²) in [4.78, 5) is 2.30. The number of hydrogen-bond donors (Lipinski definition) is 1. The lowest BCUT2D eigenvalue weighted by Gasteiger charge is -2.42. The van der Waals surface area contributed by atoms with Gasteiger partial charge < -0.3 is 10.0 Å². The molecule has 3 rings (SSSR count). The minimum atomic E-state index is -0.682. The highest BCUT2D eigenvalue weighted by Gasteiger charge is 2.38. The monoisotopic (exact) mass is 357 g/mol. The molecule has 1 N–H and O–H groups in total. The van der Waals surface area contributed by atoms with Gasteiger partial charge in [0.05, 0.1) is 5.60 Å². The molecule has 1 unspecified atom stereocenters. The van der Waals surface area contributed by atoms with Crippen molar-refractivity contribution in [1.29, 1.82) is 0 Å². The maximum atomic E-state index is 11.2. The number of aryl methyl sites for hydroxylation is 1. The number of benzene rings is 2. The van der Waals surface area contributed by atoms with Crippen molar-refractivity contribution in [1.82, 2.24) is 4.90 Å². The van der Waals surface area contributed by atoms with Crippen molar-refractivity contribution in [2.75, 3.05) is 14.1 Å². The van der Waals surface area contributed by atoms with E-state index < -0.39 is 5.60 Å². The summed E-state index contributed by atoms with van der Waals surface area (Å²) in [7, 11) is 4.28. The van der Waals surface area contributed by atoms with Gasteiger partial charge in [0, 0.05) is 11.1 Å². The van der Waals surface area contributed by atoms with Crippen LogP contribution in [0.4, 0.5) is 0 Å². The lowest BCUT2D eigenvalue weighted by Crippen LogP contribution is -2.37. The first-order valence-electron chi connectivity index (χ1n) is 9.11. The van der Waals surface area contributed by atoms with Crippen LogP contribution in [0.2, 0.25) is 5.02 Å². The summed E-state index contributed by atoms with van der Waals surface area (Å²) >= 11 is 6.06. The molecule has 2 aromatic rings. The topological polar surface area (TPSA) is 23.5 Å². The van der Waals surface area contributed by atoms with Crippen LogP contribution in [0.25, 0.3) is 0 Å². The molecule has 0 radical (unpaired) electrons. The summed E-state index contributed by atoms with van der Waals surface area (Å²) in [5, 5.41) is 12.0. The molecule has 2 nitrogen and oxygen atoms in total. The van der Waals surface area contributed by atoms with Crippen LogP contribution in [0.1, 0.15) is 48.4 Å². The summed E-state index contributed by atoms with van der Waals surface area (Å²) in [5.41, 5.74) is 2.91. The van der Waals surface area contributed by atoms with Crippen molar-refractivity contribution >= 4 is 11.6 Å². The first-order valence-corrected chi connectivity index (χ1v) is 9.49. The van der Waals surface area contributed by atoms with Gasteiger partial charge in [-0.15, -0.1) is 0 Å². The number of aliphatic hydroxyl groups is 1. The zero-order chi connectivity index (χ0) is 18.0. The largest absolute Gasteiger partial charge is 0.385 e. The van der Waals surface area contributed by atoms with Gasteiger partial charge >= 0.3 is 0 Å². The Morgan fingerprint density at radius 3 is 2.20 bits per heavy atom. The van der Waals surface area contributed by atoms with Gasteiger partial charge in [-0.2, -0.15) is 0 Å². The highest BCUT2D eigenvalue weighted by Crippen LogP contribution is 2.45. The van der Waals surface area contributed by atoms with E-state index in [1.54, 1.807) is 0 Å². The molecule has 0 aromatic heterocycles. The van der Waals surface area contributed by atoms with E-state index in [0.29, 0.717) is 12.0 Å². The molecular formula is C22H28ClNO. The predicted molar refractivity (Wildman–Crippen MR) is 105 cm³/mol. The highest BCUT2D eigenvalue weighted by molar-refractivity contribution is 6.30. The molecule has 3 heteroatoms. The Bertz CT molecular complexity index is 702. The first-order chi connectivity index (χ1) is 11.9. The second-order valence-corrected chi connectivity index (χ2v) is 8.08. The number of nitrogens with zero attached hydrogens (tertiary/aromatic N) is 1. The third kappa shape index (κ3) is 3.92. The molecule has 134 valence electrons. The van der Waals surface area contributed by atoms with Gasteiger partial charge in [-0.05, 0) is 81.4 Å². The normalized spacial score (nSPS) is 25.1. The number of rotatable bonds is 4. The first kappa shape index (κ1) is 18.4. The highest BCUT2D eigenvalue weighted by atomic mass is 35.5. The second kappa shape index (κ2) is 7.49. The molecule has 0 bridgehead atoms. The van der Waals surface area contributed by atoms with Crippen LogP contribution in [0.5, 0.6) is 0 Å². The zero-order valence-electron chi connectivity index (χ0n) is 15.4. The van der Waals surface area contributed by atoms with Gasteiger partial charge in [-0.1, -0.05) is 48.0 Å². The molecule has 0 saturated heterocycles. The Balaban J connectivity index is 1.78. The van der Waals surface area contributed by atoms with Gasteiger partial charge in [0.1, 0.15) is 0 Å². The van der Waals surface area contributed by atoms with E-state index in [4.69, 9.17) is 11.6 Å². The van der Waals surface area contributed by atoms with Gasteiger partial charge in [-0.25, -0.2) is 0 Å². The summed E-state index contributed by atoms with van der Waals surface area (Å²) in [6.07, 6.45) is 3.69. The van der Waals surface area contributed by atoms with Crippen LogP contribution >= 0.6 is 11.6 Å². The lowest BCUT2D eigenvalue weighted by molar-refractivity contribution is -0.0258. The minimum Gasteiger partial charge on any atom is -0.385 e. The van der Waals surface area contributed by atoms with Gasteiger partial charge in [-0.3, -0.25) is 0 Å². The molecule has 0 aliphatic heterocycles. The van der Waals surface area contributed by atoms with E-state index in [1.165, 1.54) is 11.1 Å². The summed E-state index contributed by atoms with van der Waals surface area (Å²) < 4.78 is 0. The van der Waals surface area contributed by atoms with E-state index >= 15 is 0 Å². The summed E-state index contributed by atoms with van der Waals surface area (Å²) in [6, 6.07) is 16.8. The fourth-order valence-electron chi connectivity index (χ4n) is 4.45. The molecule has 1 saturated carbocycles. The smallest absolute Gasteiger partial charge is 0.0899 e. The van der Waals surface area contributed by atoms with Crippen LogP contribution in [-0.4, -0.2) is 24.1 Å². The van der Waals surface area contributed by atoms with Gasteiger partial charge in [0.15, 0.2) is 0 Å². The van der Waals surface area contributed by atoms with E-state index in [9.17, 15) is 5.11 Å². The van der Waals surface area contributed by atoms with E-state index in [2.05, 4.69) is 50.2 Å². The average molecular weight is 358 g/mol. The van der Waals surface area contributed by atoms with E-state index in [1.807, 2.05) is 24.3 Å². The SMILES string of the molecule is Cc1ccccc1C1(O)CCC(C(c2ccc(Cl)cc2)N(C)C)CC1. The number of halogens is 1. The van der Waals surface area contributed by atoms with E-state index in [0.717, 1.165) is 36.3 Å². The van der Waals surface area contributed by atoms with Crippen LogP contribution < -0.4 is 0 Å². The van der Waals surface area contributed by atoms with Crippen molar-refractivity contribution in [2.45, 2.75) is 44.2 Å². The summed E-state index contributed by atoms with van der Waals surface area (Å²) in [6.45, 7) is 2.09. The molecule has 0 spiro atoms. The maximum Gasteiger partial charge on any atom is 0.0899 e. The zero-order valence-corrected chi connectivity index (χ0v) is 16.1. The van der Waals surface area contributed by atoms with Crippen molar-refractivity contribution in [3.05, 3.63) is 70.2 Å².